The van der Waals surface area contributed by atoms with Crippen LogP contribution in [0.5, 0.6) is 0 Å². The van der Waals surface area contributed by atoms with Gasteiger partial charge >= 0.3 is 0 Å². The molecule has 0 bridgehead atoms. The van der Waals surface area contributed by atoms with E-state index in [9.17, 15) is 8.78 Å². The summed E-state index contributed by atoms with van der Waals surface area (Å²) in [6.07, 6.45) is 1.69. The van der Waals surface area contributed by atoms with Crippen LogP contribution >= 0.6 is 0 Å². The lowest BCUT2D eigenvalue weighted by atomic mass is 10.2. The summed E-state index contributed by atoms with van der Waals surface area (Å²) in [7, 11) is 0. The number of fused-ring (bicyclic) bond motifs is 1. The molecule has 0 spiro atoms. The minimum atomic E-state index is -0.647. The summed E-state index contributed by atoms with van der Waals surface area (Å²) in [4.78, 5) is 11.3. The zero-order valence-electron chi connectivity index (χ0n) is 9.54. The van der Waals surface area contributed by atoms with Gasteiger partial charge in [-0.15, -0.1) is 0 Å². The standard InChI is InChI=1S/C13H9F2N3/c1-7-4-11-13(16-6-7)18-12(17-11)9-3-2-8(14)5-10(9)15/h2-6H,1H3,(H,16,17,18). The molecule has 0 aliphatic heterocycles. The van der Waals surface area contributed by atoms with Crippen LogP contribution in [-0.2, 0) is 0 Å². The largest absolute Gasteiger partial charge is 0.336 e. The lowest BCUT2D eigenvalue weighted by molar-refractivity contribution is 0.585. The molecular formula is C13H9F2N3. The Morgan fingerprint density at radius 3 is 2.78 bits per heavy atom. The summed E-state index contributed by atoms with van der Waals surface area (Å²) in [6.45, 7) is 1.91. The molecule has 0 atom stereocenters. The third-order valence-electron chi connectivity index (χ3n) is 2.66. The highest BCUT2D eigenvalue weighted by atomic mass is 19.1. The van der Waals surface area contributed by atoms with Crippen molar-refractivity contribution in [1.29, 1.82) is 0 Å². The highest BCUT2D eigenvalue weighted by molar-refractivity contribution is 5.76. The Bertz CT molecular complexity index is 734. The van der Waals surface area contributed by atoms with E-state index in [2.05, 4.69) is 15.0 Å². The van der Waals surface area contributed by atoms with Crippen molar-refractivity contribution in [2.24, 2.45) is 0 Å². The van der Waals surface area contributed by atoms with Crippen LogP contribution in [0.2, 0.25) is 0 Å². The van der Waals surface area contributed by atoms with Crippen molar-refractivity contribution in [3.8, 4) is 11.4 Å². The minimum Gasteiger partial charge on any atom is -0.336 e. The highest BCUT2D eigenvalue weighted by Crippen LogP contribution is 2.23. The third-order valence-corrected chi connectivity index (χ3v) is 2.66. The van der Waals surface area contributed by atoms with E-state index in [-0.39, 0.29) is 5.56 Å². The molecule has 0 radical (unpaired) electrons. The van der Waals surface area contributed by atoms with Crippen molar-refractivity contribution < 1.29 is 8.78 Å². The predicted octanol–water partition coefficient (Wildman–Crippen LogP) is 3.21. The quantitative estimate of drug-likeness (QED) is 0.715. The number of pyridine rings is 1. The monoisotopic (exact) mass is 245 g/mol. The number of benzene rings is 1. The van der Waals surface area contributed by atoms with E-state index < -0.39 is 11.6 Å². The van der Waals surface area contributed by atoms with Crippen molar-refractivity contribution >= 4 is 11.2 Å². The number of H-pyrrole nitrogens is 1. The van der Waals surface area contributed by atoms with Gasteiger partial charge in [0.05, 0.1) is 11.1 Å². The van der Waals surface area contributed by atoms with Crippen molar-refractivity contribution in [2.45, 2.75) is 6.92 Å². The Balaban J connectivity index is 2.19. The van der Waals surface area contributed by atoms with Gasteiger partial charge in [-0.25, -0.2) is 18.7 Å². The number of imidazole rings is 1. The number of nitrogens with zero attached hydrogens (tertiary/aromatic N) is 2. The summed E-state index contributed by atoms with van der Waals surface area (Å²) in [5.74, 6) is -0.910. The number of aromatic nitrogens is 3. The van der Waals surface area contributed by atoms with E-state index in [1.54, 1.807) is 6.20 Å². The lowest BCUT2D eigenvalue weighted by Crippen LogP contribution is -1.87. The zero-order chi connectivity index (χ0) is 12.7. The van der Waals surface area contributed by atoms with Gasteiger partial charge in [-0.3, -0.25) is 0 Å². The van der Waals surface area contributed by atoms with Crippen molar-refractivity contribution in [2.75, 3.05) is 0 Å². The van der Waals surface area contributed by atoms with Gasteiger partial charge in [0.25, 0.3) is 0 Å². The van der Waals surface area contributed by atoms with Crippen LogP contribution in [0.3, 0.4) is 0 Å². The van der Waals surface area contributed by atoms with E-state index in [1.165, 1.54) is 12.1 Å². The van der Waals surface area contributed by atoms with E-state index in [4.69, 9.17) is 0 Å². The molecule has 2 heterocycles. The minimum absolute atomic E-state index is 0.229. The third kappa shape index (κ3) is 1.73. The van der Waals surface area contributed by atoms with Crippen molar-refractivity contribution in [1.82, 2.24) is 15.0 Å². The molecule has 0 saturated heterocycles. The van der Waals surface area contributed by atoms with Crippen LogP contribution in [-0.4, -0.2) is 15.0 Å². The van der Waals surface area contributed by atoms with Crippen LogP contribution < -0.4 is 0 Å². The Labute approximate surface area is 102 Å². The molecule has 0 unspecified atom stereocenters. The molecule has 18 heavy (non-hydrogen) atoms. The maximum Gasteiger partial charge on any atom is 0.178 e. The van der Waals surface area contributed by atoms with Crippen molar-refractivity contribution in [3.05, 3.63) is 47.7 Å². The van der Waals surface area contributed by atoms with Gasteiger partial charge in [-0.05, 0) is 30.7 Å². The van der Waals surface area contributed by atoms with Gasteiger partial charge in [0.15, 0.2) is 5.65 Å². The summed E-state index contributed by atoms with van der Waals surface area (Å²) in [6, 6.07) is 5.26. The van der Waals surface area contributed by atoms with Crippen LogP contribution in [0.1, 0.15) is 5.56 Å². The fourth-order valence-electron chi connectivity index (χ4n) is 1.81. The fourth-order valence-corrected chi connectivity index (χ4v) is 1.81. The fraction of sp³-hybridized carbons (Fsp3) is 0.0769. The Morgan fingerprint density at radius 1 is 1.17 bits per heavy atom. The second-order valence-electron chi connectivity index (χ2n) is 4.09. The first-order valence-corrected chi connectivity index (χ1v) is 5.41. The van der Waals surface area contributed by atoms with Gasteiger partial charge in [-0.2, -0.15) is 0 Å². The zero-order valence-corrected chi connectivity index (χ0v) is 9.54. The van der Waals surface area contributed by atoms with Crippen LogP contribution in [0.4, 0.5) is 8.78 Å². The molecule has 0 amide bonds. The van der Waals surface area contributed by atoms with Crippen molar-refractivity contribution in [3.63, 3.8) is 0 Å². The van der Waals surface area contributed by atoms with Crippen LogP contribution in [0, 0.1) is 18.6 Å². The summed E-state index contributed by atoms with van der Waals surface area (Å²) in [5, 5.41) is 0. The van der Waals surface area contributed by atoms with E-state index in [0.29, 0.717) is 11.5 Å². The topological polar surface area (TPSA) is 41.6 Å². The first-order chi connectivity index (χ1) is 8.63. The van der Waals surface area contributed by atoms with Crippen LogP contribution in [0.15, 0.2) is 30.5 Å². The molecule has 2 aromatic heterocycles. The van der Waals surface area contributed by atoms with E-state index in [1.807, 2.05) is 13.0 Å². The summed E-state index contributed by atoms with van der Waals surface area (Å²) >= 11 is 0. The molecule has 0 aliphatic rings. The predicted molar refractivity (Wildman–Crippen MR) is 64.0 cm³/mol. The molecule has 1 N–H and O–H groups in total. The normalized spacial score (nSPS) is 11.1. The molecule has 90 valence electrons. The number of halogens is 2. The van der Waals surface area contributed by atoms with Gasteiger partial charge in [0.2, 0.25) is 0 Å². The van der Waals surface area contributed by atoms with E-state index >= 15 is 0 Å². The number of rotatable bonds is 1. The van der Waals surface area contributed by atoms with Gasteiger partial charge in [0, 0.05) is 12.3 Å². The first-order valence-electron chi connectivity index (χ1n) is 5.41. The molecule has 0 fully saturated rings. The number of hydrogen-bond donors (Lipinski definition) is 1. The maximum absolute atomic E-state index is 13.6. The smallest absolute Gasteiger partial charge is 0.178 e. The Morgan fingerprint density at radius 2 is 2.00 bits per heavy atom. The molecule has 5 heteroatoms. The summed E-state index contributed by atoms with van der Waals surface area (Å²) < 4.78 is 26.5. The number of nitrogens with one attached hydrogen (secondary N) is 1. The summed E-state index contributed by atoms with van der Waals surface area (Å²) in [5.41, 5.74) is 2.46. The van der Waals surface area contributed by atoms with Gasteiger partial charge in [-0.1, -0.05) is 0 Å². The number of aryl methyl sites for hydroxylation is 1. The number of aromatic amines is 1. The molecule has 3 aromatic rings. The van der Waals surface area contributed by atoms with Gasteiger partial charge in [0.1, 0.15) is 17.5 Å². The Kier molecular flexibility index (Phi) is 2.33. The molecule has 1 aromatic carbocycles. The number of hydrogen-bond acceptors (Lipinski definition) is 2. The molecule has 3 nitrogen and oxygen atoms in total. The SMILES string of the molecule is Cc1cnc2nc(-c3ccc(F)cc3F)[nH]c2c1. The van der Waals surface area contributed by atoms with E-state index in [0.717, 1.165) is 17.1 Å². The maximum atomic E-state index is 13.6. The Hall–Kier alpha value is -2.30. The average Bonchev–Trinajstić information content (AvgIpc) is 2.71. The molecule has 0 saturated carbocycles. The average molecular weight is 245 g/mol. The lowest BCUT2D eigenvalue weighted by Gasteiger charge is -1.98. The second kappa shape index (κ2) is 3.87. The molecule has 3 rings (SSSR count). The molecule has 0 aliphatic carbocycles. The van der Waals surface area contributed by atoms with Gasteiger partial charge < -0.3 is 4.98 Å². The highest BCUT2D eigenvalue weighted by Gasteiger charge is 2.11. The second-order valence-corrected chi connectivity index (χ2v) is 4.09. The van der Waals surface area contributed by atoms with Crippen LogP contribution in [0.25, 0.3) is 22.6 Å². The molecular weight excluding hydrogens is 236 g/mol. The first kappa shape index (κ1) is 10.8.